The Labute approximate surface area is 215 Å². The molecule has 0 aromatic heterocycles. The number of nitriles is 1. The summed E-state index contributed by atoms with van der Waals surface area (Å²) in [6.07, 6.45) is 1.44. The maximum absolute atomic E-state index is 12.6. The zero-order valence-electron chi connectivity index (χ0n) is 18.5. The Balaban J connectivity index is 1.82. The van der Waals surface area contributed by atoms with Crippen molar-refractivity contribution in [3.63, 3.8) is 0 Å². The fourth-order valence-corrected chi connectivity index (χ4v) is 3.79. The van der Waals surface area contributed by atoms with Gasteiger partial charge in [0, 0.05) is 22.8 Å². The number of nitro groups is 1. The number of ether oxygens (including phenoxy) is 2. The maximum atomic E-state index is 12.6. The van der Waals surface area contributed by atoms with Gasteiger partial charge in [-0.3, -0.25) is 14.9 Å². The Morgan fingerprint density at radius 1 is 1.20 bits per heavy atom. The van der Waals surface area contributed by atoms with Crippen LogP contribution in [0.15, 0.2) is 70.7 Å². The summed E-state index contributed by atoms with van der Waals surface area (Å²) in [5.41, 5.74) is 1.63. The molecule has 0 atom stereocenters. The van der Waals surface area contributed by atoms with Crippen LogP contribution in [-0.2, 0) is 11.4 Å². The summed E-state index contributed by atoms with van der Waals surface area (Å²) in [6, 6.07) is 17.9. The van der Waals surface area contributed by atoms with Gasteiger partial charge in [0.05, 0.1) is 16.0 Å². The average molecular weight is 557 g/mol. The van der Waals surface area contributed by atoms with Gasteiger partial charge in [-0.1, -0.05) is 17.7 Å². The predicted molar refractivity (Wildman–Crippen MR) is 136 cm³/mol. The maximum Gasteiger partial charge on any atom is 0.269 e. The molecule has 0 saturated heterocycles. The lowest BCUT2D eigenvalue weighted by atomic mass is 10.1. The lowest BCUT2D eigenvalue weighted by molar-refractivity contribution is -0.384. The highest BCUT2D eigenvalue weighted by atomic mass is 79.9. The monoisotopic (exact) mass is 555 g/mol. The van der Waals surface area contributed by atoms with Crippen molar-refractivity contribution in [2.45, 2.75) is 13.5 Å². The van der Waals surface area contributed by atoms with Gasteiger partial charge in [-0.25, -0.2) is 0 Å². The van der Waals surface area contributed by atoms with Crippen molar-refractivity contribution >= 4 is 50.9 Å². The Kier molecular flexibility index (Phi) is 8.84. The number of non-ortho nitro benzene ring substituents is 1. The van der Waals surface area contributed by atoms with Crippen molar-refractivity contribution in [3.8, 4) is 17.6 Å². The van der Waals surface area contributed by atoms with Crippen molar-refractivity contribution in [2.24, 2.45) is 0 Å². The lowest BCUT2D eigenvalue weighted by Gasteiger charge is -2.15. The number of hydrogen-bond acceptors (Lipinski definition) is 6. The molecule has 1 N–H and O–H groups in total. The number of carbonyl (C=O) groups excluding carboxylic acids is 1. The van der Waals surface area contributed by atoms with Crippen LogP contribution in [0.3, 0.4) is 0 Å². The number of nitrogens with zero attached hydrogens (tertiary/aromatic N) is 2. The van der Waals surface area contributed by atoms with Crippen molar-refractivity contribution in [2.75, 3.05) is 11.9 Å². The first kappa shape index (κ1) is 25.7. The average Bonchev–Trinajstić information content (AvgIpc) is 2.82. The molecule has 3 aromatic carbocycles. The molecule has 0 radical (unpaired) electrons. The van der Waals surface area contributed by atoms with E-state index in [9.17, 15) is 20.2 Å². The van der Waals surface area contributed by atoms with E-state index >= 15 is 0 Å². The summed E-state index contributed by atoms with van der Waals surface area (Å²) in [6.45, 7) is 2.32. The molecule has 10 heteroatoms. The Bertz CT molecular complexity index is 1320. The number of anilines is 1. The zero-order chi connectivity index (χ0) is 25.4. The topological polar surface area (TPSA) is 114 Å². The molecule has 0 spiro atoms. The number of nitrogens with one attached hydrogen (secondary N) is 1. The first-order chi connectivity index (χ1) is 16.8. The third-order valence-corrected chi connectivity index (χ3v) is 5.44. The summed E-state index contributed by atoms with van der Waals surface area (Å²) >= 11 is 9.41. The SMILES string of the molecule is CCOc1cc(/C=C(/C#N)C(=O)Nc2cccc(Cl)c2)cc(Br)c1OCc1ccc([N+](=O)[O-])cc1. The third-order valence-electron chi connectivity index (χ3n) is 4.62. The van der Waals surface area contributed by atoms with Crippen LogP contribution in [0, 0.1) is 21.4 Å². The van der Waals surface area contributed by atoms with Crippen LogP contribution in [0.2, 0.25) is 5.02 Å². The van der Waals surface area contributed by atoms with Gasteiger partial charge in [-0.2, -0.15) is 5.26 Å². The molecular formula is C25H19BrClN3O5. The van der Waals surface area contributed by atoms with E-state index in [0.717, 1.165) is 5.56 Å². The second kappa shape index (κ2) is 12.0. The molecule has 0 saturated carbocycles. The van der Waals surface area contributed by atoms with E-state index in [-0.39, 0.29) is 17.9 Å². The van der Waals surface area contributed by atoms with E-state index in [1.807, 2.05) is 13.0 Å². The van der Waals surface area contributed by atoms with Gasteiger partial charge in [0.25, 0.3) is 11.6 Å². The molecule has 3 aromatic rings. The van der Waals surface area contributed by atoms with Crippen LogP contribution in [0.5, 0.6) is 11.5 Å². The van der Waals surface area contributed by atoms with E-state index < -0.39 is 10.8 Å². The highest BCUT2D eigenvalue weighted by molar-refractivity contribution is 9.10. The van der Waals surface area contributed by atoms with Crippen LogP contribution in [-0.4, -0.2) is 17.4 Å². The van der Waals surface area contributed by atoms with E-state index in [2.05, 4.69) is 21.2 Å². The molecule has 0 aliphatic carbocycles. The van der Waals surface area contributed by atoms with Gasteiger partial charge >= 0.3 is 0 Å². The Hall–Kier alpha value is -3.87. The molecule has 0 heterocycles. The quantitative estimate of drug-likeness (QED) is 0.139. The van der Waals surface area contributed by atoms with Crippen molar-refractivity contribution < 1.29 is 19.2 Å². The fourth-order valence-electron chi connectivity index (χ4n) is 3.02. The van der Waals surface area contributed by atoms with E-state index in [0.29, 0.717) is 38.9 Å². The second-order valence-electron chi connectivity index (χ2n) is 7.11. The molecular weight excluding hydrogens is 538 g/mol. The van der Waals surface area contributed by atoms with Crippen LogP contribution >= 0.6 is 27.5 Å². The number of hydrogen-bond donors (Lipinski definition) is 1. The minimum Gasteiger partial charge on any atom is -0.490 e. The van der Waals surface area contributed by atoms with Crippen LogP contribution in [0.25, 0.3) is 6.08 Å². The summed E-state index contributed by atoms with van der Waals surface area (Å²) in [7, 11) is 0. The number of nitro benzene ring substituents is 1. The van der Waals surface area contributed by atoms with Crippen molar-refractivity contribution in [3.05, 3.63) is 97.0 Å². The zero-order valence-corrected chi connectivity index (χ0v) is 20.8. The van der Waals surface area contributed by atoms with Crippen molar-refractivity contribution in [1.82, 2.24) is 0 Å². The van der Waals surface area contributed by atoms with Gasteiger partial charge in [0.15, 0.2) is 11.5 Å². The fraction of sp³-hybridized carbons (Fsp3) is 0.120. The first-order valence-electron chi connectivity index (χ1n) is 10.3. The molecule has 0 unspecified atom stereocenters. The van der Waals surface area contributed by atoms with E-state index in [1.54, 1.807) is 48.5 Å². The molecule has 0 aliphatic rings. The van der Waals surface area contributed by atoms with Gasteiger partial charge in [0.1, 0.15) is 18.2 Å². The highest BCUT2D eigenvalue weighted by Crippen LogP contribution is 2.38. The normalized spacial score (nSPS) is 10.9. The number of amides is 1. The molecule has 0 aliphatic heterocycles. The van der Waals surface area contributed by atoms with E-state index in [1.165, 1.54) is 18.2 Å². The smallest absolute Gasteiger partial charge is 0.269 e. The standard InChI is InChI=1S/C25H19BrClN3O5/c1-2-34-23-12-17(10-18(14-28)25(31)29-20-5-3-4-19(27)13-20)11-22(26)24(23)35-15-16-6-8-21(9-7-16)30(32)33/h3-13H,2,15H2,1H3,(H,29,31)/b18-10-. The lowest BCUT2D eigenvalue weighted by Crippen LogP contribution is -2.13. The van der Waals surface area contributed by atoms with Crippen molar-refractivity contribution in [1.29, 1.82) is 5.26 Å². The van der Waals surface area contributed by atoms with Crippen LogP contribution in [0.4, 0.5) is 11.4 Å². The van der Waals surface area contributed by atoms with Gasteiger partial charge in [-0.05, 0) is 82.5 Å². The second-order valence-corrected chi connectivity index (χ2v) is 8.40. The molecule has 35 heavy (non-hydrogen) atoms. The van der Waals surface area contributed by atoms with Crippen LogP contribution in [0.1, 0.15) is 18.1 Å². The van der Waals surface area contributed by atoms with E-state index in [4.69, 9.17) is 21.1 Å². The minimum absolute atomic E-state index is 0.00577. The largest absolute Gasteiger partial charge is 0.490 e. The molecule has 178 valence electrons. The molecule has 0 fully saturated rings. The Morgan fingerprint density at radius 3 is 2.57 bits per heavy atom. The predicted octanol–water partition coefficient (Wildman–Crippen LogP) is 6.53. The third kappa shape index (κ3) is 7.06. The molecule has 3 rings (SSSR count). The Morgan fingerprint density at radius 2 is 1.94 bits per heavy atom. The van der Waals surface area contributed by atoms with Gasteiger partial charge in [-0.15, -0.1) is 0 Å². The summed E-state index contributed by atoms with van der Waals surface area (Å²) in [4.78, 5) is 23.0. The number of benzene rings is 3. The number of carbonyl (C=O) groups is 1. The molecule has 8 nitrogen and oxygen atoms in total. The van der Waals surface area contributed by atoms with Gasteiger partial charge in [0.2, 0.25) is 0 Å². The first-order valence-corrected chi connectivity index (χ1v) is 11.5. The number of halogens is 2. The molecule has 0 bridgehead atoms. The number of rotatable bonds is 9. The summed E-state index contributed by atoms with van der Waals surface area (Å²) in [5, 5.41) is 23.5. The highest BCUT2D eigenvalue weighted by Gasteiger charge is 2.15. The van der Waals surface area contributed by atoms with Gasteiger partial charge < -0.3 is 14.8 Å². The minimum atomic E-state index is -0.581. The molecule has 1 amide bonds. The summed E-state index contributed by atoms with van der Waals surface area (Å²) in [5.74, 6) is 0.245. The summed E-state index contributed by atoms with van der Waals surface area (Å²) < 4.78 is 12.2. The van der Waals surface area contributed by atoms with Crippen LogP contribution < -0.4 is 14.8 Å².